The molecule has 0 radical (unpaired) electrons. The maximum atomic E-state index is 12.8. The molecule has 2 nitrogen and oxygen atoms in total. The van der Waals surface area contributed by atoms with E-state index in [2.05, 4.69) is 15.9 Å². The molecule has 0 saturated heterocycles. The van der Waals surface area contributed by atoms with Gasteiger partial charge in [0.2, 0.25) is 9.84 Å². The molecule has 0 bridgehead atoms. The molecule has 0 aromatic heterocycles. The van der Waals surface area contributed by atoms with Crippen LogP contribution in [-0.4, -0.2) is 8.42 Å². The van der Waals surface area contributed by atoms with Crippen LogP contribution in [0.3, 0.4) is 0 Å². The first-order valence-electron chi connectivity index (χ1n) is 6.16. The number of hydrogen-bond acceptors (Lipinski definition) is 2. The average Bonchev–Trinajstić information content (AvgIpc) is 2.68. The van der Waals surface area contributed by atoms with Crippen molar-refractivity contribution in [3.63, 3.8) is 0 Å². The predicted molar refractivity (Wildman–Crippen MR) is 82.5 cm³/mol. The first-order valence-corrected chi connectivity index (χ1v) is 8.44. The third-order valence-corrected chi connectivity index (χ3v) is 6.25. The van der Waals surface area contributed by atoms with Gasteiger partial charge in [-0.05, 0) is 17.5 Å². The molecule has 4 rings (SSSR count). The van der Waals surface area contributed by atoms with E-state index in [-0.39, 0.29) is 0 Å². The first-order chi connectivity index (χ1) is 9.60. The van der Waals surface area contributed by atoms with Crippen LogP contribution in [0.15, 0.2) is 68.9 Å². The molecule has 1 aliphatic rings. The lowest BCUT2D eigenvalue weighted by molar-refractivity contribution is 0.599. The fraction of sp³-hybridized carbons (Fsp3) is 0. The van der Waals surface area contributed by atoms with E-state index < -0.39 is 9.84 Å². The number of hydrogen-bond donors (Lipinski definition) is 0. The largest absolute Gasteiger partial charge is 0.218 e. The predicted octanol–water partition coefficient (Wildman–Crippen LogP) is 4.42. The molecule has 0 amide bonds. The van der Waals surface area contributed by atoms with Gasteiger partial charge in [-0.2, -0.15) is 0 Å². The van der Waals surface area contributed by atoms with E-state index in [0.29, 0.717) is 9.79 Å². The summed E-state index contributed by atoms with van der Waals surface area (Å²) in [7, 11) is -3.43. The average molecular weight is 345 g/mol. The van der Waals surface area contributed by atoms with Crippen molar-refractivity contribution in [1.29, 1.82) is 0 Å². The standard InChI is InChI=1S/C16H9BrO2S/c17-14-9-13-11-6-3-4-8-15(11)20(18,19)16(13)12-7-2-1-5-10(12)14/h1-9H. The lowest BCUT2D eigenvalue weighted by Crippen LogP contribution is -1.97. The van der Waals surface area contributed by atoms with Crippen LogP contribution >= 0.6 is 15.9 Å². The van der Waals surface area contributed by atoms with Gasteiger partial charge in [-0.1, -0.05) is 58.4 Å². The molecule has 98 valence electrons. The molecule has 0 N–H and O–H groups in total. The molecule has 3 aromatic carbocycles. The topological polar surface area (TPSA) is 34.1 Å². The molecule has 0 saturated carbocycles. The zero-order chi connectivity index (χ0) is 13.9. The second-order valence-corrected chi connectivity index (χ2v) is 7.49. The summed E-state index contributed by atoms with van der Waals surface area (Å²) in [6.45, 7) is 0. The van der Waals surface area contributed by atoms with Crippen LogP contribution in [0.1, 0.15) is 0 Å². The smallest absolute Gasteiger partial charge is 0.208 e. The van der Waals surface area contributed by atoms with Crippen LogP contribution in [-0.2, 0) is 9.84 Å². The van der Waals surface area contributed by atoms with Gasteiger partial charge in [-0.3, -0.25) is 0 Å². The van der Waals surface area contributed by atoms with Gasteiger partial charge < -0.3 is 0 Å². The molecular weight excluding hydrogens is 336 g/mol. The Kier molecular flexibility index (Phi) is 2.38. The summed E-state index contributed by atoms with van der Waals surface area (Å²) in [5.41, 5.74) is 1.57. The van der Waals surface area contributed by atoms with Gasteiger partial charge in [0.15, 0.2) is 0 Å². The summed E-state index contributed by atoms with van der Waals surface area (Å²) in [6, 6.07) is 16.6. The number of halogens is 1. The molecule has 1 heterocycles. The van der Waals surface area contributed by atoms with E-state index in [1.165, 1.54) is 0 Å². The Morgan fingerprint density at radius 1 is 0.800 bits per heavy atom. The summed E-state index contributed by atoms with van der Waals surface area (Å²) in [6.07, 6.45) is 0. The lowest BCUT2D eigenvalue weighted by Gasteiger charge is -2.07. The van der Waals surface area contributed by atoms with E-state index in [1.807, 2.05) is 42.5 Å². The Balaban J connectivity index is 2.30. The van der Waals surface area contributed by atoms with Crippen molar-refractivity contribution in [3.05, 3.63) is 59.1 Å². The van der Waals surface area contributed by atoms with Gasteiger partial charge in [0.25, 0.3) is 0 Å². The maximum Gasteiger partial charge on any atom is 0.208 e. The third-order valence-electron chi connectivity index (χ3n) is 3.68. The fourth-order valence-corrected chi connectivity index (χ4v) is 5.27. The van der Waals surface area contributed by atoms with Gasteiger partial charge in [0.1, 0.15) is 0 Å². The van der Waals surface area contributed by atoms with Crippen molar-refractivity contribution >= 4 is 36.5 Å². The van der Waals surface area contributed by atoms with Crippen molar-refractivity contribution in [2.24, 2.45) is 0 Å². The highest BCUT2D eigenvalue weighted by atomic mass is 79.9. The van der Waals surface area contributed by atoms with Gasteiger partial charge >= 0.3 is 0 Å². The van der Waals surface area contributed by atoms with Crippen molar-refractivity contribution in [3.8, 4) is 11.1 Å². The summed E-state index contributed by atoms with van der Waals surface area (Å²) < 4.78 is 26.5. The van der Waals surface area contributed by atoms with E-state index in [1.54, 1.807) is 12.1 Å². The minimum absolute atomic E-state index is 0.401. The van der Waals surface area contributed by atoms with Gasteiger partial charge in [-0.25, -0.2) is 8.42 Å². The lowest BCUT2D eigenvalue weighted by atomic mass is 10.0. The Bertz CT molecular complexity index is 975. The molecule has 1 aliphatic heterocycles. The molecule has 0 atom stereocenters. The summed E-state index contributed by atoms with van der Waals surface area (Å²) >= 11 is 3.55. The number of rotatable bonds is 0. The van der Waals surface area contributed by atoms with E-state index in [4.69, 9.17) is 0 Å². The molecule has 4 heteroatoms. The van der Waals surface area contributed by atoms with Crippen molar-refractivity contribution in [2.45, 2.75) is 9.79 Å². The quantitative estimate of drug-likeness (QED) is 0.473. The van der Waals surface area contributed by atoms with Crippen LogP contribution in [0.5, 0.6) is 0 Å². The monoisotopic (exact) mass is 344 g/mol. The minimum atomic E-state index is -3.43. The summed E-state index contributed by atoms with van der Waals surface area (Å²) in [5, 5.41) is 1.69. The van der Waals surface area contributed by atoms with Crippen molar-refractivity contribution < 1.29 is 8.42 Å². The van der Waals surface area contributed by atoms with Crippen molar-refractivity contribution in [2.75, 3.05) is 0 Å². The Hall–Kier alpha value is -1.65. The van der Waals surface area contributed by atoms with Gasteiger partial charge in [-0.15, -0.1) is 0 Å². The van der Waals surface area contributed by atoms with E-state index in [0.717, 1.165) is 26.4 Å². The van der Waals surface area contributed by atoms with E-state index >= 15 is 0 Å². The second kappa shape index (κ2) is 3.93. The van der Waals surface area contributed by atoms with Crippen molar-refractivity contribution in [1.82, 2.24) is 0 Å². The SMILES string of the molecule is O=S1(=O)c2ccccc2-c2cc(Br)c3ccccc3c21. The highest BCUT2D eigenvalue weighted by Crippen LogP contribution is 2.47. The van der Waals surface area contributed by atoms with Gasteiger partial charge in [0.05, 0.1) is 9.79 Å². The molecular formula is C16H9BrO2S. The zero-order valence-corrected chi connectivity index (χ0v) is 12.7. The molecule has 0 fully saturated rings. The number of fused-ring (bicyclic) bond motifs is 5. The Morgan fingerprint density at radius 3 is 2.25 bits per heavy atom. The highest BCUT2D eigenvalue weighted by molar-refractivity contribution is 9.10. The molecule has 0 aliphatic carbocycles. The first kappa shape index (κ1) is 12.1. The highest BCUT2D eigenvalue weighted by Gasteiger charge is 2.34. The summed E-state index contributed by atoms with van der Waals surface area (Å²) in [4.78, 5) is 0.829. The van der Waals surface area contributed by atoms with Crippen LogP contribution in [0.4, 0.5) is 0 Å². The normalized spacial score (nSPS) is 15.1. The maximum absolute atomic E-state index is 12.8. The number of benzene rings is 3. The molecule has 20 heavy (non-hydrogen) atoms. The van der Waals surface area contributed by atoms with Gasteiger partial charge in [0, 0.05) is 21.0 Å². The van der Waals surface area contributed by atoms with Crippen LogP contribution in [0, 0.1) is 0 Å². The molecule has 0 spiro atoms. The van der Waals surface area contributed by atoms with Crippen LogP contribution in [0.25, 0.3) is 21.9 Å². The zero-order valence-electron chi connectivity index (χ0n) is 10.3. The van der Waals surface area contributed by atoms with Crippen LogP contribution < -0.4 is 0 Å². The Labute approximate surface area is 125 Å². The second-order valence-electron chi connectivity index (χ2n) is 4.78. The Morgan fingerprint density at radius 2 is 1.45 bits per heavy atom. The minimum Gasteiger partial charge on any atom is -0.218 e. The summed E-state index contributed by atoms with van der Waals surface area (Å²) in [5.74, 6) is 0. The van der Waals surface area contributed by atoms with Crippen LogP contribution in [0.2, 0.25) is 0 Å². The third kappa shape index (κ3) is 1.41. The fourth-order valence-electron chi connectivity index (χ4n) is 2.83. The number of sulfone groups is 1. The molecule has 0 unspecified atom stereocenters. The molecule has 3 aromatic rings. The van der Waals surface area contributed by atoms with E-state index in [9.17, 15) is 8.42 Å².